The average molecular weight is 410 g/mol. The van der Waals surface area contributed by atoms with E-state index < -0.39 is 9.84 Å². The van der Waals surface area contributed by atoms with Crippen LogP contribution in [0.2, 0.25) is 5.02 Å². The van der Waals surface area contributed by atoms with Gasteiger partial charge in [-0.15, -0.1) is 11.3 Å². The lowest BCUT2D eigenvalue weighted by atomic mass is 10.2. The zero-order valence-electron chi connectivity index (χ0n) is 13.6. The van der Waals surface area contributed by atoms with Crippen molar-refractivity contribution in [1.82, 2.24) is 9.88 Å². The van der Waals surface area contributed by atoms with Crippen LogP contribution >= 0.6 is 22.9 Å². The Balaban J connectivity index is 1.59. The van der Waals surface area contributed by atoms with Gasteiger partial charge in [0.05, 0.1) is 29.3 Å². The number of benzene rings is 1. The van der Waals surface area contributed by atoms with Gasteiger partial charge in [0.1, 0.15) is 16.6 Å². The summed E-state index contributed by atoms with van der Waals surface area (Å²) < 4.78 is 23.5. The summed E-state index contributed by atoms with van der Waals surface area (Å²) in [5.74, 6) is 0.372. The van der Waals surface area contributed by atoms with Gasteiger partial charge >= 0.3 is 0 Å². The van der Waals surface area contributed by atoms with Crippen LogP contribution in [0.15, 0.2) is 35.4 Å². The molecule has 1 aromatic heterocycles. The van der Waals surface area contributed by atoms with Crippen molar-refractivity contribution >= 4 is 44.2 Å². The van der Waals surface area contributed by atoms with E-state index in [1.54, 1.807) is 17.0 Å². The van der Waals surface area contributed by atoms with Crippen LogP contribution in [0.1, 0.15) is 11.4 Å². The maximum Gasteiger partial charge on any atom is 0.152 e. The molecule has 1 unspecified atom stereocenters. The lowest BCUT2D eigenvalue weighted by molar-refractivity contribution is 0.309. The van der Waals surface area contributed by atoms with Gasteiger partial charge in [0, 0.05) is 22.0 Å². The van der Waals surface area contributed by atoms with Gasteiger partial charge in [0.15, 0.2) is 9.84 Å². The normalized spacial score (nSPS) is 22.4. The van der Waals surface area contributed by atoms with Gasteiger partial charge in [-0.05, 0) is 18.6 Å². The van der Waals surface area contributed by atoms with Crippen molar-refractivity contribution in [1.29, 1.82) is 5.41 Å². The summed E-state index contributed by atoms with van der Waals surface area (Å²) in [6, 6.07) is 7.04. The molecule has 3 heterocycles. The number of aliphatic hydroxyl groups excluding tert-OH is 1. The van der Waals surface area contributed by atoms with E-state index in [0.29, 0.717) is 22.0 Å². The fourth-order valence-electron chi connectivity index (χ4n) is 3.30. The van der Waals surface area contributed by atoms with Gasteiger partial charge < -0.3 is 10.0 Å². The van der Waals surface area contributed by atoms with Gasteiger partial charge in [-0.25, -0.2) is 13.4 Å². The first kappa shape index (κ1) is 17.5. The Labute approximate surface area is 160 Å². The summed E-state index contributed by atoms with van der Waals surface area (Å²) in [5.41, 5.74) is 2.04. The number of hydrogen-bond acceptors (Lipinski definition) is 6. The molecule has 1 atom stereocenters. The summed E-state index contributed by atoms with van der Waals surface area (Å²) in [6.45, 7) is 0.157. The van der Waals surface area contributed by atoms with Crippen LogP contribution in [0.25, 0.3) is 16.8 Å². The van der Waals surface area contributed by atoms with Gasteiger partial charge in [-0.2, -0.15) is 0 Å². The Bertz CT molecular complexity index is 1010. The number of aliphatic hydroxyl groups is 1. The predicted molar refractivity (Wildman–Crippen MR) is 104 cm³/mol. The molecule has 4 rings (SSSR count). The maximum atomic E-state index is 11.7. The predicted octanol–water partition coefficient (Wildman–Crippen LogP) is 3.21. The third-order valence-corrected chi connectivity index (χ3v) is 7.50. The van der Waals surface area contributed by atoms with E-state index >= 15 is 0 Å². The van der Waals surface area contributed by atoms with E-state index in [1.807, 2.05) is 17.5 Å². The molecule has 2 aliphatic rings. The lowest BCUT2D eigenvalue weighted by Crippen LogP contribution is -2.38. The fourth-order valence-corrected chi connectivity index (χ4v) is 6.05. The van der Waals surface area contributed by atoms with Crippen molar-refractivity contribution in [3.8, 4) is 11.3 Å². The number of hydrogen-bond donors (Lipinski definition) is 2. The van der Waals surface area contributed by atoms with E-state index in [0.717, 1.165) is 11.3 Å². The van der Waals surface area contributed by atoms with Gasteiger partial charge in [-0.3, -0.25) is 5.41 Å². The van der Waals surface area contributed by atoms with Crippen LogP contribution in [0, 0.1) is 5.41 Å². The minimum absolute atomic E-state index is 0.0316. The molecule has 0 amide bonds. The Kier molecular flexibility index (Phi) is 4.29. The smallest absolute Gasteiger partial charge is 0.152 e. The Morgan fingerprint density at radius 1 is 1.31 bits per heavy atom. The zero-order valence-corrected chi connectivity index (χ0v) is 16.0. The molecule has 2 aromatic rings. The highest BCUT2D eigenvalue weighted by Crippen LogP contribution is 2.34. The largest absolute Gasteiger partial charge is 0.510 e. The second-order valence-corrected chi connectivity index (χ2v) is 9.92. The van der Waals surface area contributed by atoms with E-state index in [-0.39, 0.29) is 35.7 Å². The molecule has 26 heavy (non-hydrogen) atoms. The van der Waals surface area contributed by atoms with Crippen LogP contribution in [0.4, 0.5) is 0 Å². The highest BCUT2D eigenvalue weighted by Gasteiger charge is 2.39. The van der Waals surface area contributed by atoms with Crippen molar-refractivity contribution in [2.75, 3.05) is 18.1 Å². The monoisotopic (exact) mass is 409 g/mol. The van der Waals surface area contributed by atoms with Crippen LogP contribution in [-0.4, -0.2) is 53.3 Å². The second kappa shape index (κ2) is 6.37. The number of sulfone groups is 1. The first-order valence-electron chi connectivity index (χ1n) is 8.04. The first-order valence-corrected chi connectivity index (χ1v) is 11.1. The minimum atomic E-state index is -3.05. The van der Waals surface area contributed by atoms with Crippen LogP contribution in [0.5, 0.6) is 0 Å². The van der Waals surface area contributed by atoms with Crippen molar-refractivity contribution in [2.24, 2.45) is 0 Å². The molecule has 0 radical (unpaired) electrons. The van der Waals surface area contributed by atoms with Crippen LogP contribution in [0.3, 0.4) is 0 Å². The molecule has 0 bridgehead atoms. The maximum absolute atomic E-state index is 11.7. The van der Waals surface area contributed by atoms with E-state index in [2.05, 4.69) is 4.98 Å². The number of aromatic nitrogens is 1. The van der Waals surface area contributed by atoms with Gasteiger partial charge in [0.25, 0.3) is 0 Å². The molecule has 136 valence electrons. The number of nitrogens with one attached hydrogen (secondary N) is 1. The van der Waals surface area contributed by atoms with Crippen LogP contribution < -0.4 is 0 Å². The molecule has 1 fully saturated rings. The van der Waals surface area contributed by atoms with Crippen molar-refractivity contribution in [3.05, 3.63) is 45.4 Å². The Morgan fingerprint density at radius 2 is 2.04 bits per heavy atom. The quantitative estimate of drug-likeness (QED) is 0.811. The summed E-state index contributed by atoms with van der Waals surface area (Å²) in [5, 5.41) is 21.9. The molecule has 2 aliphatic heterocycles. The topological polar surface area (TPSA) is 94.3 Å². The molecule has 1 saturated heterocycles. The SMILES string of the molecule is N=C1C(c2nc(-c3ccc(Cl)cc3)cs2)=C(O)CN1C1CCS(=O)(=O)C1. The third kappa shape index (κ3) is 3.13. The molecular formula is C17H16ClN3O3S2. The number of rotatable bonds is 3. The number of halogens is 1. The summed E-state index contributed by atoms with van der Waals surface area (Å²) in [6.07, 6.45) is 0.485. The molecule has 0 aliphatic carbocycles. The van der Waals surface area contributed by atoms with E-state index in [1.165, 1.54) is 11.3 Å². The van der Waals surface area contributed by atoms with Gasteiger partial charge in [0.2, 0.25) is 0 Å². The summed E-state index contributed by atoms with van der Waals surface area (Å²) >= 11 is 7.26. The van der Waals surface area contributed by atoms with Crippen molar-refractivity contribution in [2.45, 2.75) is 12.5 Å². The molecular weight excluding hydrogens is 394 g/mol. The lowest BCUT2D eigenvalue weighted by Gasteiger charge is -2.24. The van der Waals surface area contributed by atoms with Gasteiger partial charge in [-0.1, -0.05) is 23.7 Å². The van der Waals surface area contributed by atoms with E-state index in [4.69, 9.17) is 17.0 Å². The van der Waals surface area contributed by atoms with Crippen molar-refractivity contribution in [3.63, 3.8) is 0 Å². The highest BCUT2D eigenvalue weighted by molar-refractivity contribution is 7.91. The molecule has 1 aromatic carbocycles. The minimum Gasteiger partial charge on any atom is -0.510 e. The summed E-state index contributed by atoms with van der Waals surface area (Å²) in [7, 11) is -3.05. The molecule has 0 spiro atoms. The number of thiazole rings is 1. The Morgan fingerprint density at radius 3 is 2.69 bits per heavy atom. The summed E-state index contributed by atoms with van der Waals surface area (Å²) in [4.78, 5) is 6.22. The first-order chi connectivity index (χ1) is 12.3. The average Bonchev–Trinajstić information content (AvgIpc) is 3.26. The standard InChI is InChI=1S/C17H16ClN3O3S2/c18-11-3-1-10(2-4-11)13-8-25-17(20-13)15-14(22)7-21(16(15)19)12-5-6-26(23,24)9-12/h1-4,8,12,19,22H,5-7,9H2. The fraction of sp³-hybridized carbons (Fsp3) is 0.294. The number of amidine groups is 1. The zero-order chi connectivity index (χ0) is 18.5. The molecule has 6 nitrogen and oxygen atoms in total. The Hall–Kier alpha value is -1.90. The molecule has 2 N–H and O–H groups in total. The number of nitrogens with zero attached hydrogens (tertiary/aromatic N) is 2. The third-order valence-electron chi connectivity index (χ3n) is 4.64. The highest BCUT2D eigenvalue weighted by atomic mass is 35.5. The second-order valence-electron chi connectivity index (χ2n) is 6.40. The molecule has 0 saturated carbocycles. The van der Waals surface area contributed by atoms with E-state index in [9.17, 15) is 13.5 Å². The van der Waals surface area contributed by atoms with Crippen molar-refractivity contribution < 1.29 is 13.5 Å². The molecule has 9 heteroatoms. The van der Waals surface area contributed by atoms with Crippen LogP contribution in [-0.2, 0) is 9.84 Å².